The SMILES string of the molecule is Cc1ccc2c(c1)SC(C(=O)c1ccco1)=C(c1cc(C)ccc1O)N2. The van der Waals surface area contributed by atoms with Crippen molar-refractivity contribution in [2.45, 2.75) is 18.7 Å². The van der Waals surface area contributed by atoms with Crippen molar-refractivity contribution in [2.75, 3.05) is 5.32 Å². The number of anilines is 1. The van der Waals surface area contributed by atoms with E-state index in [2.05, 4.69) is 5.32 Å². The number of nitrogens with one attached hydrogen (secondary N) is 1. The first-order chi connectivity index (χ1) is 12.5. The van der Waals surface area contributed by atoms with Crippen molar-refractivity contribution in [1.29, 1.82) is 0 Å². The highest BCUT2D eigenvalue weighted by Crippen LogP contribution is 2.45. The zero-order valence-corrected chi connectivity index (χ0v) is 15.2. The van der Waals surface area contributed by atoms with E-state index in [0.717, 1.165) is 21.7 Å². The molecule has 26 heavy (non-hydrogen) atoms. The summed E-state index contributed by atoms with van der Waals surface area (Å²) in [6, 6.07) is 14.7. The molecule has 2 heterocycles. The number of carbonyl (C=O) groups is 1. The number of hydrogen-bond donors (Lipinski definition) is 2. The van der Waals surface area contributed by atoms with Crippen LogP contribution in [-0.2, 0) is 0 Å². The van der Waals surface area contributed by atoms with Crippen LogP contribution in [0.4, 0.5) is 5.69 Å². The predicted molar refractivity (Wildman–Crippen MR) is 103 cm³/mol. The molecule has 0 aliphatic carbocycles. The van der Waals surface area contributed by atoms with E-state index < -0.39 is 0 Å². The first kappa shape index (κ1) is 16.5. The molecule has 0 unspecified atom stereocenters. The van der Waals surface area contributed by atoms with Crippen LogP contribution in [0, 0.1) is 13.8 Å². The smallest absolute Gasteiger partial charge is 0.236 e. The topological polar surface area (TPSA) is 62.5 Å². The molecule has 0 saturated carbocycles. The molecule has 2 aromatic carbocycles. The number of fused-ring (bicyclic) bond motifs is 1. The second-order valence-corrected chi connectivity index (χ2v) is 7.31. The van der Waals surface area contributed by atoms with Crippen molar-refractivity contribution in [1.82, 2.24) is 0 Å². The highest BCUT2D eigenvalue weighted by Gasteiger charge is 2.28. The Morgan fingerprint density at radius 3 is 2.62 bits per heavy atom. The summed E-state index contributed by atoms with van der Waals surface area (Å²) in [7, 11) is 0. The Hall–Kier alpha value is -2.92. The molecule has 5 heteroatoms. The number of ketones is 1. The highest BCUT2D eigenvalue weighted by atomic mass is 32.2. The maximum Gasteiger partial charge on any atom is 0.236 e. The minimum Gasteiger partial charge on any atom is -0.507 e. The summed E-state index contributed by atoms with van der Waals surface area (Å²) in [6.07, 6.45) is 1.48. The second-order valence-electron chi connectivity index (χ2n) is 6.26. The van der Waals surface area contributed by atoms with Crippen molar-refractivity contribution < 1.29 is 14.3 Å². The maximum atomic E-state index is 13.0. The molecule has 4 nitrogen and oxygen atoms in total. The third-order valence-corrected chi connectivity index (χ3v) is 5.36. The fourth-order valence-electron chi connectivity index (χ4n) is 2.89. The Morgan fingerprint density at radius 2 is 1.85 bits per heavy atom. The summed E-state index contributed by atoms with van der Waals surface area (Å²) < 4.78 is 5.31. The Kier molecular flexibility index (Phi) is 4.09. The number of benzene rings is 2. The van der Waals surface area contributed by atoms with Crippen LogP contribution in [0.5, 0.6) is 5.75 Å². The van der Waals surface area contributed by atoms with E-state index in [4.69, 9.17) is 4.42 Å². The largest absolute Gasteiger partial charge is 0.507 e. The number of phenols is 1. The lowest BCUT2D eigenvalue weighted by atomic mass is 10.0. The molecule has 0 amide bonds. The first-order valence-corrected chi connectivity index (χ1v) is 9.02. The molecule has 1 aliphatic heterocycles. The molecule has 0 spiro atoms. The van der Waals surface area contributed by atoms with Crippen LogP contribution < -0.4 is 5.32 Å². The third-order valence-electron chi connectivity index (χ3n) is 4.21. The van der Waals surface area contributed by atoms with E-state index in [-0.39, 0.29) is 17.3 Å². The molecule has 0 fully saturated rings. The lowest BCUT2D eigenvalue weighted by molar-refractivity contribution is 0.101. The highest BCUT2D eigenvalue weighted by molar-refractivity contribution is 8.04. The van der Waals surface area contributed by atoms with Gasteiger partial charge in [0, 0.05) is 10.5 Å². The van der Waals surface area contributed by atoms with Gasteiger partial charge in [-0.1, -0.05) is 29.5 Å². The number of rotatable bonds is 3. The molecule has 0 atom stereocenters. The van der Waals surface area contributed by atoms with Crippen molar-refractivity contribution >= 4 is 28.9 Å². The van der Waals surface area contributed by atoms with Gasteiger partial charge in [-0.25, -0.2) is 0 Å². The van der Waals surface area contributed by atoms with Gasteiger partial charge >= 0.3 is 0 Å². The Bertz CT molecular complexity index is 1040. The zero-order valence-electron chi connectivity index (χ0n) is 14.4. The van der Waals surface area contributed by atoms with Crippen LogP contribution in [-0.4, -0.2) is 10.9 Å². The van der Waals surface area contributed by atoms with Gasteiger partial charge in [0.05, 0.1) is 22.6 Å². The number of carbonyl (C=O) groups excluding carboxylic acids is 1. The number of furan rings is 1. The van der Waals surface area contributed by atoms with Gasteiger partial charge in [-0.3, -0.25) is 4.79 Å². The van der Waals surface area contributed by atoms with Crippen molar-refractivity contribution in [3.8, 4) is 5.75 Å². The summed E-state index contributed by atoms with van der Waals surface area (Å²) in [5.41, 5.74) is 4.21. The number of hydrogen-bond acceptors (Lipinski definition) is 5. The Labute approximate surface area is 155 Å². The van der Waals surface area contributed by atoms with E-state index in [1.807, 2.05) is 44.2 Å². The number of Topliss-reactive ketones (excluding diaryl/α,β-unsaturated/α-hetero) is 1. The van der Waals surface area contributed by atoms with Crippen LogP contribution >= 0.6 is 11.8 Å². The minimum atomic E-state index is -0.212. The van der Waals surface area contributed by atoms with Gasteiger partial charge in [-0.15, -0.1) is 0 Å². The van der Waals surface area contributed by atoms with Crippen molar-refractivity contribution in [2.24, 2.45) is 0 Å². The molecule has 0 bridgehead atoms. The van der Waals surface area contributed by atoms with Crippen molar-refractivity contribution in [3.63, 3.8) is 0 Å². The van der Waals surface area contributed by atoms with Crippen molar-refractivity contribution in [3.05, 3.63) is 82.1 Å². The zero-order chi connectivity index (χ0) is 18.3. The lowest BCUT2D eigenvalue weighted by Gasteiger charge is -2.24. The van der Waals surface area contributed by atoms with Crippen LogP contribution in [0.2, 0.25) is 0 Å². The molecule has 2 N–H and O–H groups in total. The summed E-state index contributed by atoms with van der Waals surface area (Å²) in [5.74, 6) is 0.185. The summed E-state index contributed by atoms with van der Waals surface area (Å²) >= 11 is 1.39. The van der Waals surface area contributed by atoms with E-state index in [1.165, 1.54) is 18.0 Å². The number of allylic oxidation sites excluding steroid dienone is 1. The molecule has 1 aliphatic rings. The summed E-state index contributed by atoms with van der Waals surface area (Å²) in [5, 5.41) is 13.7. The fourth-order valence-corrected chi connectivity index (χ4v) is 4.04. The number of aryl methyl sites for hydroxylation is 2. The van der Waals surface area contributed by atoms with Crippen LogP contribution in [0.25, 0.3) is 5.70 Å². The van der Waals surface area contributed by atoms with Gasteiger partial charge in [0.2, 0.25) is 5.78 Å². The number of aromatic hydroxyl groups is 1. The average Bonchev–Trinajstić information content (AvgIpc) is 3.17. The molecular formula is C21H17NO3S. The lowest BCUT2D eigenvalue weighted by Crippen LogP contribution is -2.13. The first-order valence-electron chi connectivity index (χ1n) is 8.21. The number of thioether (sulfide) groups is 1. The van der Waals surface area contributed by atoms with Gasteiger partial charge in [0.1, 0.15) is 5.75 Å². The number of phenolic OH excluding ortho intramolecular Hbond substituents is 1. The summed E-state index contributed by atoms with van der Waals surface area (Å²) in [4.78, 5) is 14.5. The minimum absolute atomic E-state index is 0.124. The Balaban J connectivity index is 1.90. The van der Waals surface area contributed by atoms with E-state index in [1.54, 1.807) is 18.2 Å². The standard InChI is InChI=1S/C21H17NO3S/c1-12-6-8-16(23)14(10-12)19-21(20(24)17-4-3-9-25-17)26-18-11-13(2)5-7-15(18)22-19/h3-11,22-23H,1-2H3. The van der Waals surface area contributed by atoms with Gasteiger partial charge in [0.25, 0.3) is 0 Å². The maximum absolute atomic E-state index is 13.0. The van der Waals surface area contributed by atoms with Gasteiger partial charge < -0.3 is 14.8 Å². The van der Waals surface area contributed by atoms with Gasteiger partial charge in [-0.2, -0.15) is 0 Å². The quantitative estimate of drug-likeness (QED) is 0.613. The second kappa shape index (κ2) is 6.42. The van der Waals surface area contributed by atoms with E-state index in [9.17, 15) is 9.90 Å². The van der Waals surface area contributed by atoms with Crippen LogP contribution in [0.1, 0.15) is 27.2 Å². The molecule has 4 rings (SSSR count). The normalized spacial score (nSPS) is 13.3. The molecular weight excluding hydrogens is 346 g/mol. The molecule has 130 valence electrons. The average molecular weight is 363 g/mol. The van der Waals surface area contributed by atoms with E-state index in [0.29, 0.717) is 16.2 Å². The Morgan fingerprint density at radius 1 is 1.08 bits per heavy atom. The molecule has 0 radical (unpaired) electrons. The molecule has 0 saturated heterocycles. The molecule has 3 aromatic rings. The van der Waals surface area contributed by atoms with E-state index >= 15 is 0 Å². The van der Waals surface area contributed by atoms with Crippen LogP contribution in [0.15, 0.2) is 69.0 Å². The fraction of sp³-hybridized carbons (Fsp3) is 0.0952. The summed E-state index contributed by atoms with van der Waals surface area (Å²) in [6.45, 7) is 3.96. The van der Waals surface area contributed by atoms with Crippen LogP contribution in [0.3, 0.4) is 0 Å². The third kappa shape index (κ3) is 2.91. The molecule has 1 aromatic heterocycles. The van der Waals surface area contributed by atoms with Gasteiger partial charge in [-0.05, 0) is 55.8 Å². The van der Waals surface area contributed by atoms with Gasteiger partial charge in [0.15, 0.2) is 5.76 Å². The monoisotopic (exact) mass is 363 g/mol. The predicted octanol–water partition coefficient (Wildman–Crippen LogP) is 5.37.